The molecule has 1 aliphatic heterocycles. The van der Waals surface area contributed by atoms with Crippen LogP contribution < -0.4 is 44.7 Å². The fourth-order valence-electron chi connectivity index (χ4n) is 2.59. The molecular formula is C16H14N3NaO10S. The Labute approximate surface area is 199 Å². The molecule has 2 heterocycles. The van der Waals surface area contributed by atoms with E-state index in [0.29, 0.717) is 11.3 Å². The van der Waals surface area contributed by atoms with Gasteiger partial charge in [-0.05, 0) is 23.5 Å². The van der Waals surface area contributed by atoms with Crippen LogP contribution in [0.1, 0.15) is 10.4 Å². The van der Waals surface area contributed by atoms with Crippen LogP contribution in [-0.4, -0.2) is 67.8 Å². The Morgan fingerprint density at radius 1 is 1.19 bits per heavy atom. The van der Waals surface area contributed by atoms with E-state index >= 15 is 0 Å². The third-order valence-corrected chi connectivity index (χ3v) is 4.94. The first-order valence-corrected chi connectivity index (χ1v) is 9.08. The van der Waals surface area contributed by atoms with Gasteiger partial charge in [0.15, 0.2) is 5.13 Å². The largest absolute Gasteiger partial charge is 1.00 e. The van der Waals surface area contributed by atoms with Crippen molar-refractivity contribution in [2.24, 2.45) is 0 Å². The van der Waals surface area contributed by atoms with Gasteiger partial charge in [0.2, 0.25) is 6.29 Å². The molecule has 13 nitrogen and oxygen atoms in total. The third-order valence-electron chi connectivity index (χ3n) is 4.07. The van der Waals surface area contributed by atoms with E-state index in [0.717, 1.165) is 6.20 Å². The number of benzene rings is 1. The summed E-state index contributed by atoms with van der Waals surface area (Å²) in [5.74, 6) is -2.76. The topological polar surface area (TPSA) is 204 Å². The number of anilines is 1. The van der Waals surface area contributed by atoms with E-state index in [1.165, 1.54) is 24.3 Å². The molecule has 15 heteroatoms. The summed E-state index contributed by atoms with van der Waals surface area (Å²) in [6, 6.07) is 5.58. The molecule has 5 atom stereocenters. The number of ether oxygens (including phenoxy) is 2. The van der Waals surface area contributed by atoms with E-state index in [9.17, 15) is 40.1 Å². The van der Waals surface area contributed by atoms with E-state index in [1.807, 2.05) is 0 Å². The number of aliphatic carboxylic acids is 1. The fraction of sp³-hybridized carbons (Fsp3) is 0.312. The summed E-state index contributed by atoms with van der Waals surface area (Å²) in [5, 5.41) is 53.4. The Balaban J connectivity index is 0.00000341. The van der Waals surface area contributed by atoms with Crippen molar-refractivity contribution in [3.05, 3.63) is 46.1 Å². The van der Waals surface area contributed by atoms with E-state index in [1.54, 1.807) is 0 Å². The smallest absolute Gasteiger partial charge is 0.547 e. The summed E-state index contributed by atoms with van der Waals surface area (Å²) in [7, 11) is 0. The average molecular weight is 463 g/mol. The monoisotopic (exact) mass is 463 g/mol. The minimum atomic E-state index is -1.98. The van der Waals surface area contributed by atoms with E-state index in [-0.39, 0.29) is 51.0 Å². The molecule has 1 aromatic heterocycles. The zero-order valence-electron chi connectivity index (χ0n) is 15.8. The Hall–Kier alpha value is -2.17. The van der Waals surface area contributed by atoms with Crippen molar-refractivity contribution >= 4 is 33.3 Å². The van der Waals surface area contributed by atoms with Crippen molar-refractivity contribution in [1.29, 1.82) is 0 Å². The summed E-state index contributed by atoms with van der Waals surface area (Å²) in [5.41, 5.74) is -0.100. The Morgan fingerprint density at radius 2 is 1.87 bits per heavy atom. The summed E-state index contributed by atoms with van der Waals surface area (Å²) < 4.78 is 10.3. The molecule has 0 radical (unpaired) electrons. The standard InChI is InChI=1S/C16H15N3O10S.Na/c20-9-10(21)12(14(24)25)29-15(11(9)22)28-7-4-2-1-3-6(7)13(23)18-16-17-5-8(30-16)19(26)27;/h1-5,9-12,15,20-22H,(H,24,25)(H,17,18,23);/q;+1/p-1/t9-,10-,11+,12-,15+;/m0./s1. The van der Waals surface area contributed by atoms with Crippen molar-refractivity contribution in [1.82, 2.24) is 4.98 Å². The number of amides is 1. The van der Waals surface area contributed by atoms with Gasteiger partial charge in [-0.25, -0.2) is 4.98 Å². The third kappa shape index (κ3) is 5.55. The van der Waals surface area contributed by atoms with Gasteiger partial charge in [-0.2, -0.15) is 0 Å². The molecule has 0 aliphatic carbocycles. The van der Waals surface area contributed by atoms with Crippen LogP contribution in [0.3, 0.4) is 0 Å². The van der Waals surface area contributed by atoms with Crippen LogP contribution in [0.5, 0.6) is 5.75 Å². The number of carboxylic acids is 1. The van der Waals surface area contributed by atoms with Crippen molar-refractivity contribution < 1.29 is 74.0 Å². The molecule has 4 N–H and O–H groups in total. The SMILES string of the molecule is O=C(Nc1ncc([N+](=O)[O-])s1)c1ccccc1O[C@@H]1O[C@H](C(=O)[O-])[C@@H](O)[C@H](O)[C@H]1O.[Na+]. The van der Waals surface area contributed by atoms with Gasteiger partial charge in [-0.1, -0.05) is 12.1 Å². The molecular weight excluding hydrogens is 449 g/mol. The van der Waals surface area contributed by atoms with Crippen LogP contribution in [0.15, 0.2) is 30.5 Å². The number of aliphatic hydroxyl groups excluding tert-OH is 3. The van der Waals surface area contributed by atoms with Gasteiger partial charge in [0.25, 0.3) is 5.91 Å². The number of carboxylic acid groups (broad SMARTS) is 1. The summed E-state index contributed by atoms with van der Waals surface area (Å²) in [6.07, 6.45) is -8.46. The maximum atomic E-state index is 12.5. The first-order chi connectivity index (χ1) is 14.2. The number of aromatic nitrogens is 1. The molecule has 0 unspecified atom stereocenters. The molecule has 31 heavy (non-hydrogen) atoms. The number of thiazole rings is 1. The number of nitro groups is 1. The van der Waals surface area contributed by atoms with Crippen LogP contribution in [0.2, 0.25) is 0 Å². The molecule has 2 aromatic rings. The van der Waals surface area contributed by atoms with Gasteiger partial charge < -0.3 is 34.7 Å². The number of hydrogen-bond acceptors (Lipinski definition) is 12. The predicted molar refractivity (Wildman–Crippen MR) is 95.5 cm³/mol. The second-order valence-corrected chi connectivity index (χ2v) is 7.05. The number of nitrogens with zero attached hydrogens (tertiary/aromatic N) is 2. The van der Waals surface area contributed by atoms with E-state index in [2.05, 4.69) is 10.3 Å². The maximum absolute atomic E-state index is 12.5. The first kappa shape index (κ1) is 25.1. The number of carbonyl (C=O) groups excluding carboxylic acids is 2. The van der Waals surface area contributed by atoms with Crippen molar-refractivity contribution in [2.75, 3.05) is 5.32 Å². The zero-order valence-corrected chi connectivity index (χ0v) is 18.6. The Kier molecular flexibility index (Phi) is 8.44. The molecule has 1 aliphatic rings. The van der Waals surface area contributed by atoms with Crippen LogP contribution in [0, 0.1) is 10.1 Å². The molecule has 1 saturated heterocycles. The number of nitrogens with one attached hydrogen (secondary N) is 1. The predicted octanol–water partition coefficient (Wildman–Crippen LogP) is -4.76. The minimum Gasteiger partial charge on any atom is -0.547 e. The van der Waals surface area contributed by atoms with Crippen LogP contribution >= 0.6 is 11.3 Å². The summed E-state index contributed by atoms with van der Waals surface area (Å²) in [6.45, 7) is 0. The van der Waals surface area contributed by atoms with Crippen molar-refractivity contribution in [2.45, 2.75) is 30.7 Å². The maximum Gasteiger partial charge on any atom is 1.00 e. The van der Waals surface area contributed by atoms with Crippen LogP contribution in [0.25, 0.3) is 0 Å². The minimum absolute atomic E-state index is 0. The van der Waals surface area contributed by atoms with Gasteiger partial charge in [-0.3, -0.25) is 20.2 Å². The first-order valence-electron chi connectivity index (χ1n) is 8.27. The van der Waals surface area contributed by atoms with Crippen LogP contribution in [-0.2, 0) is 9.53 Å². The second kappa shape index (κ2) is 10.4. The number of aliphatic hydroxyl groups is 3. The van der Waals surface area contributed by atoms with Gasteiger partial charge in [0.1, 0.15) is 36.4 Å². The number of carbonyl (C=O) groups is 2. The summed E-state index contributed by atoms with van der Waals surface area (Å²) in [4.78, 5) is 37.4. The molecule has 0 saturated carbocycles. The van der Waals surface area contributed by atoms with Gasteiger partial charge in [0.05, 0.1) is 16.5 Å². The van der Waals surface area contributed by atoms with Gasteiger partial charge in [0, 0.05) is 0 Å². The van der Waals surface area contributed by atoms with Crippen molar-refractivity contribution in [3.63, 3.8) is 0 Å². The Bertz CT molecular complexity index is 973. The molecule has 1 amide bonds. The van der Waals surface area contributed by atoms with E-state index < -0.39 is 47.5 Å². The average Bonchev–Trinajstić information content (AvgIpc) is 3.17. The summed E-state index contributed by atoms with van der Waals surface area (Å²) >= 11 is 0.629. The zero-order chi connectivity index (χ0) is 22.0. The van der Waals surface area contributed by atoms with Crippen LogP contribution in [0.4, 0.5) is 10.1 Å². The number of hydrogen-bond donors (Lipinski definition) is 4. The van der Waals surface area contributed by atoms with Crippen molar-refractivity contribution in [3.8, 4) is 5.75 Å². The molecule has 160 valence electrons. The quantitative estimate of drug-likeness (QED) is 0.182. The van der Waals surface area contributed by atoms with E-state index in [4.69, 9.17) is 9.47 Å². The molecule has 1 aromatic carbocycles. The van der Waals surface area contributed by atoms with Gasteiger partial charge in [-0.15, -0.1) is 0 Å². The number of para-hydroxylation sites is 1. The molecule has 0 bridgehead atoms. The normalized spacial score (nSPS) is 25.2. The second-order valence-electron chi connectivity index (χ2n) is 6.04. The number of rotatable bonds is 6. The van der Waals surface area contributed by atoms with Gasteiger partial charge >= 0.3 is 34.6 Å². The molecule has 3 rings (SSSR count). The molecule has 1 fully saturated rings. The Morgan fingerprint density at radius 3 is 2.48 bits per heavy atom. The fourth-order valence-corrected chi connectivity index (χ4v) is 3.22. The molecule has 0 spiro atoms.